The molecule has 5 nitrogen and oxygen atoms in total. The van der Waals surface area contributed by atoms with Crippen LogP contribution in [-0.4, -0.2) is 46.0 Å². The molecule has 0 amide bonds. The smallest absolute Gasteiger partial charge is 0.191 e. The molecule has 0 radical (unpaired) electrons. The zero-order valence-corrected chi connectivity index (χ0v) is 17.7. The Morgan fingerprint density at radius 3 is 2.46 bits per heavy atom. The highest BCUT2D eigenvalue weighted by Gasteiger charge is 2.28. The molecule has 24 heavy (non-hydrogen) atoms. The molecule has 1 fully saturated rings. The summed E-state index contributed by atoms with van der Waals surface area (Å²) in [5.74, 6) is 1.50. The van der Waals surface area contributed by atoms with Crippen LogP contribution in [0.25, 0.3) is 0 Å². The van der Waals surface area contributed by atoms with Gasteiger partial charge in [0.05, 0.1) is 11.5 Å². The predicted octanol–water partition coefficient (Wildman–Crippen LogP) is 2.18. The predicted molar refractivity (Wildman–Crippen MR) is 111 cm³/mol. The van der Waals surface area contributed by atoms with E-state index in [-0.39, 0.29) is 41.1 Å². The first kappa shape index (κ1) is 21.2. The zero-order valence-electron chi connectivity index (χ0n) is 14.6. The van der Waals surface area contributed by atoms with Crippen LogP contribution in [0.3, 0.4) is 0 Å². The summed E-state index contributed by atoms with van der Waals surface area (Å²) in [6.45, 7) is 5.77. The van der Waals surface area contributed by atoms with E-state index >= 15 is 0 Å². The SMILES string of the molecule is CN=C(NCC1CCS(=O)(=O)C1)NCC(C)(C)c1ccccc1.I. The minimum atomic E-state index is -2.82. The van der Waals surface area contributed by atoms with Gasteiger partial charge in [-0.25, -0.2) is 8.42 Å². The molecule has 1 saturated heterocycles. The van der Waals surface area contributed by atoms with E-state index < -0.39 is 9.84 Å². The third-order valence-electron chi connectivity index (χ3n) is 4.36. The van der Waals surface area contributed by atoms with E-state index in [0.717, 1.165) is 18.9 Å². The highest BCUT2D eigenvalue weighted by molar-refractivity contribution is 14.0. The Morgan fingerprint density at radius 2 is 1.92 bits per heavy atom. The molecule has 1 heterocycles. The number of nitrogens with zero attached hydrogens (tertiary/aromatic N) is 1. The lowest BCUT2D eigenvalue weighted by Gasteiger charge is -2.27. The zero-order chi connectivity index (χ0) is 16.9. The first-order chi connectivity index (χ1) is 10.8. The highest BCUT2D eigenvalue weighted by Crippen LogP contribution is 2.21. The second-order valence-electron chi connectivity index (χ2n) is 6.83. The molecule has 0 spiro atoms. The second-order valence-corrected chi connectivity index (χ2v) is 9.05. The van der Waals surface area contributed by atoms with Crippen LogP contribution >= 0.6 is 24.0 Å². The van der Waals surface area contributed by atoms with Crippen molar-refractivity contribution in [1.29, 1.82) is 0 Å². The minimum absolute atomic E-state index is 0. The van der Waals surface area contributed by atoms with Gasteiger partial charge in [0.1, 0.15) is 0 Å². The summed E-state index contributed by atoms with van der Waals surface area (Å²) in [6, 6.07) is 10.4. The van der Waals surface area contributed by atoms with Crippen LogP contribution in [-0.2, 0) is 15.3 Å². The van der Waals surface area contributed by atoms with Crippen LogP contribution < -0.4 is 10.6 Å². The van der Waals surface area contributed by atoms with Crippen LogP contribution in [0.15, 0.2) is 35.3 Å². The first-order valence-corrected chi connectivity index (χ1v) is 9.85. The molecule has 1 unspecified atom stereocenters. The average molecular weight is 465 g/mol. The fourth-order valence-corrected chi connectivity index (χ4v) is 4.65. The molecule has 1 atom stereocenters. The molecule has 1 aliphatic heterocycles. The van der Waals surface area contributed by atoms with E-state index in [1.54, 1.807) is 7.05 Å². The summed E-state index contributed by atoms with van der Waals surface area (Å²) in [5.41, 5.74) is 1.25. The number of aliphatic imine (C=N–C) groups is 1. The molecule has 1 aromatic rings. The van der Waals surface area contributed by atoms with Crippen LogP contribution in [0.2, 0.25) is 0 Å². The van der Waals surface area contributed by atoms with E-state index in [0.29, 0.717) is 12.3 Å². The Balaban J connectivity index is 0.00000288. The summed E-state index contributed by atoms with van der Waals surface area (Å²) < 4.78 is 23.0. The number of halogens is 1. The molecule has 0 aliphatic carbocycles. The van der Waals surface area contributed by atoms with Gasteiger partial charge in [0.25, 0.3) is 0 Å². The fourth-order valence-electron chi connectivity index (χ4n) is 2.79. The van der Waals surface area contributed by atoms with E-state index in [1.807, 2.05) is 18.2 Å². The molecular formula is C17H28IN3O2S. The van der Waals surface area contributed by atoms with Crippen molar-refractivity contribution in [1.82, 2.24) is 10.6 Å². The molecule has 0 aromatic heterocycles. The third-order valence-corrected chi connectivity index (χ3v) is 6.20. The summed E-state index contributed by atoms with van der Waals surface area (Å²) in [4.78, 5) is 4.23. The lowest BCUT2D eigenvalue weighted by Crippen LogP contribution is -2.44. The standard InChI is InChI=1S/C17H27N3O2S.HI/c1-17(2,15-7-5-4-6-8-15)13-20-16(18-3)19-11-14-9-10-23(21,22)12-14;/h4-8,14H,9-13H2,1-3H3,(H2,18,19,20);1H. The largest absolute Gasteiger partial charge is 0.356 e. The number of rotatable bonds is 5. The molecule has 136 valence electrons. The molecule has 0 saturated carbocycles. The number of hydrogen-bond acceptors (Lipinski definition) is 3. The lowest BCUT2D eigenvalue weighted by atomic mass is 9.85. The Kier molecular flexibility index (Phi) is 7.98. The van der Waals surface area contributed by atoms with Gasteiger partial charge in [0.15, 0.2) is 15.8 Å². The lowest BCUT2D eigenvalue weighted by molar-refractivity contribution is 0.503. The summed E-state index contributed by atoms with van der Waals surface area (Å²) in [5, 5.41) is 6.59. The van der Waals surface area contributed by atoms with E-state index in [4.69, 9.17) is 0 Å². The molecule has 2 rings (SSSR count). The van der Waals surface area contributed by atoms with Crippen molar-refractivity contribution in [2.24, 2.45) is 10.9 Å². The molecule has 1 aliphatic rings. The van der Waals surface area contributed by atoms with Crippen molar-refractivity contribution in [2.75, 3.05) is 31.6 Å². The Morgan fingerprint density at radius 1 is 1.25 bits per heavy atom. The summed E-state index contributed by atoms with van der Waals surface area (Å²) in [6.07, 6.45) is 0.738. The maximum atomic E-state index is 11.5. The van der Waals surface area contributed by atoms with Crippen molar-refractivity contribution < 1.29 is 8.42 Å². The number of benzene rings is 1. The van der Waals surface area contributed by atoms with Crippen LogP contribution in [0.1, 0.15) is 25.8 Å². The molecular weight excluding hydrogens is 437 g/mol. The second kappa shape index (κ2) is 9.03. The number of guanidine groups is 1. The number of hydrogen-bond donors (Lipinski definition) is 2. The van der Waals surface area contributed by atoms with Gasteiger partial charge in [-0.2, -0.15) is 0 Å². The van der Waals surface area contributed by atoms with Gasteiger partial charge >= 0.3 is 0 Å². The van der Waals surface area contributed by atoms with Gasteiger partial charge in [-0.15, -0.1) is 24.0 Å². The normalized spacial score (nSPS) is 20.3. The van der Waals surface area contributed by atoms with Crippen LogP contribution in [0.4, 0.5) is 0 Å². The molecule has 7 heteroatoms. The fraction of sp³-hybridized carbons (Fsp3) is 0.588. The Labute approximate surface area is 162 Å². The monoisotopic (exact) mass is 465 g/mol. The van der Waals surface area contributed by atoms with Gasteiger partial charge in [0.2, 0.25) is 0 Å². The van der Waals surface area contributed by atoms with Crippen LogP contribution in [0, 0.1) is 5.92 Å². The van der Waals surface area contributed by atoms with Gasteiger partial charge in [-0.1, -0.05) is 44.2 Å². The van der Waals surface area contributed by atoms with Gasteiger partial charge in [0, 0.05) is 25.6 Å². The summed E-state index contributed by atoms with van der Waals surface area (Å²) in [7, 11) is -1.09. The number of nitrogens with one attached hydrogen (secondary N) is 2. The van der Waals surface area contributed by atoms with Gasteiger partial charge < -0.3 is 10.6 Å². The number of sulfone groups is 1. The Bertz CT molecular complexity index is 645. The molecule has 0 bridgehead atoms. The summed E-state index contributed by atoms with van der Waals surface area (Å²) >= 11 is 0. The van der Waals surface area contributed by atoms with E-state index in [1.165, 1.54) is 5.56 Å². The minimum Gasteiger partial charge on any atom is -0.356 e. The van der Waals surface area contributed by atoms with Crippen molar-refractivity contribution >= 4 is 39.8 Å². The maximum Gasteiger partial charge on any atom is 0.191 e. The van der Waals surface area contributed by atoms with Crippen molar-refractivity contribution in [3.63, 3.8) is 0 Å². The van der Waals surface area contributed by atoms with Crippen molar-refractivity contribution in [3.8, 4) is 0 Å². The molecule has 2 N–H and O–H groups in total. The molecule has 1 aromatic carbocycles. The highest BCUT2D eigenvalue weighted by atomic mass is 127. The van der Waals surface area contributed by atoms with Gasteiger partial charge in [-0.3, -0.25) is 4.99 Å². The van der Waals surface area contributed by atoms with Crippen LogP contribution in [0.5, 0.6) is 0 Å². The van der Waals surface area contributed by atoms with E-state index in [2.05, 4.69) is 41.6 Å². The third kappa shape index (κ3) is 6.23. The van der Waals surface area contributed by atoms with Crippen molar-refractivity contribution in [3.05, 3.63) is 35.9 Å². The van der Waals surface area contributed by atoms with E-state index in [9.17, 15) is 8.42 Å². The van der Waals surface area contributed by atoms with Gasteiger partial charge in [-0.05, 0) is 17.9 Å². The quantitative estimate of drug-likeness (QED) is 0.398. The van der Waals surface area contributed by atoms with Crippen molar-refractivity contribution in [2.45, 2.75) is 25.7 Å². The average Bonchev–Trinajstić information content (AvgIpc) is 2.87. The first-order valence-electron chi connectivity index (χ1n) is 8.03. The Hall–Kier alpha value is -0.830. The topological polar surface area (TPSA) is 70.6 Å². The maximum absolute atomic E-state index is 11.5.